The van der Waals surface area contributed by atoms with E-state index >= 15 is 0 Å². The number of hydrogen-bond donors (Lipinski definition) is 1. The van der Waals surface area contributed by atoms with E-state index in [1.165, 1.54) is 6.20 Å². The summed E-state index contributed by atoms with van der Waals surface area (Å²) in [5, 5.41) is 2.74. The molecule has 120 valence electrons. The second kappa shape index (κ2) is 6.37. The Bertz CT molecular complexity index is 806. The van der Waals surface area contributed by atoms with Crippen molar-refractivity contribution in [3.05, 3.63) is 54.2 Å². The smallest absolute Gasteiger partial charge is 0.257 e. The molecule has 0 saturated carbocycles. The lowest BCUT2D eigenvalue weighted by Crippen LogP contribution is -2.35. The Hall–Kier alpha value is -2.41. The number of para-hydroxylation sites is 1. The van der Waals surface area contributed by atoms with Crippen LogP contribution in [0.4, 0.5) is 0 Å². The van der Waals surface area contributed by atoms with Gasteiger partial charge in [0.15, 0.2) is 9.84 Å². The van der Waals surface area contributed by atoms with Crippen molar-refractivity contribution in [3.63, 3.8) is 0 Å². The summed E-state index contributed by atoms with van der Waals surface area (Å²) in [7, 11) is -3.04. The van der Waals surface area contributed by atoms with Crippen LogP contribution in [0.2, 0.25) is 0 Å². The largest absolute Gasteiger partial charge is 0.438 e. The number of sulfone groups is 1. The highest BCUT2D eigenvalue weighted by molar-refractivity contribution is 7.91. The van der Waals surface area contributed by atoms with Gasteiger partial charge in [-0.1, -0.05) is 18.2 Å². The summed E-state index contributed by atoms with van der Waals surface area (Å²) in [5.74, 6) is 0.471. The minimum atomic E-state index is -3.04. The van der Waals surface area contributed by atoms with Crippen LogP contribution in [-0.4, -0.2) is 36.9 Å². The maximum absolute atomic E-state index is 12.4. The molecule has 2 aromatic rings. The zero-order valence-corrected chi connectivity index (χ0v) is 13.1. The Balaban J connectivity index is 1.76. The Kier molecular flexibility index (Phi) is 4.29. The molecule has 0 aliphatic carbocycles. The summed E-state index contributed by atoms with van der Waals surface area (Å²) >= 11 is 0. The normalized spacial score (nSPS) is 19.2. The number of rotatable bonds is 4. The van der Waals surface area contributed by atoms with Crippen molar-refractivity contribution < 1.29 is 17.9 Å². The Morgan fingerprint density at radius 1 is 1.17 bits per heavy atom. The molecule has 1 aromatic carbocycles. The summed E-state index contributed by atoms with van der Waals surface area (Å²) in [5.41, 5.74) is 0.278. The topological polar surface area (TPSA) is 85.4 Å². The minimum Gasteiger partial charge on any atom is -0.438 e. The Morgan fingerprint density at radius 2 is 1.96 bits per heavy atom. The molecule has 1 saturated heterocycles. The SMILES string of the molecule is O=C(N[C@H]1CCS(=O)(=O)C1)c1cccnc1Oc1ccccc1. The molecule has 0 unspecified atom stereocenters. The van der Waals surface area contributed by atoms with Crippen molar-refractivity contribution in [1.29, 1.82) is 0 Å². The Labute approximate surface area is 134 Å². The minimum absolute atomic E-state index is 0.0200. The number of nitrogens with zero attached hydrogens (tertiary/aromatic N) is 1. The van der Waals surface area contributed by atoms with Crippen LogP contribution in [0, 0.1) is 0 Å². The Morgan fingerprint density at radius 3 is 2.65 bits per heavy atom. The van der Waals surface area contributed by atoms with Gasteiger partial charge in [0.1, 0.15) is 11.3 Å². The van der Waals surface area contributed by atoms with E-state index in [2.05, 4.69) is 10.3 Å². The first-order valence-corrected chi connectivity index (χ1v) is 9.05. The molecule has 1 fully saturated rings. The van der Waals surface area contributed by atoms with E-state index in [-0.39, 0.29) is 34.9 Å². The summed E-state index contributed by atoms with van der Waals surface area (Å²) in [6.45, 7) is 0. The van der Waals surface area contributed by atoms with Gasteiger partial charge in [-0.25, -0.2) is 13.4 Å². The summed E-state index contributed by atoms with van der Waals surface area (Å²) in [6, 6.07) is 11.9. The number of ether oxygens (including phenoxy) is 1. The number of carbonyl (C=O) groups excluding carboxylic acids is 1. The number of amides is 1. The van der Waals surface area contributed by atoms with Crippen molar-refractivity contribution in [2.75, 3.05) is 11.5 Å². The highest BCUT2D eigenvalue weighted by atomic mass is 32.2. The second-order valence-corrected chi connectivity index (χ2v) is 7.57. The van der Waals surface area contributed by atoms with E-state index in [9.17, 15) is 13.2 Å². The van der Waals surface area contributed by atoms with Gasteiger partial charge in [0.2, 0.25) is 5.88 Å². The third-order valence-corrected chi connectivity index (χ3v) is 5.31. The van der Waals surface area contributed by atoms with E-state index in [0.717, 1.165) is 0 Å². The predicted octanol–water partition coefficient (Wildman–Crippen LogP) is 1.79. The highest BCUT2D eigenvalue weighted by Crippen LogP contribution is 2.23. The van der Waals surface area contributed by atoms with E-state index < -0.39 is 9.84 Å². The standard InChI is InChI=1S/C16H16N2O4S/c19-15(18-12-8-10-23(20,21)11-12)14-7-4-9-17-16(14)22-13-5-2-1-3-6-13/h1-7,9,12H,8,10-11H2,(H,18,19)/t12-/m0/s1. The monoisotopic (exact) mass is 332 g/mol. The fourth-order valence-electron chi connectivity index (χ4n) is 2.42. The number of carbonyl (C=O) groups is 1. The molecule has 1 amide bonds. The molecule has 6 nitrogen and oxygen atoms in total. The van der Waals surface area contributed by atoms with Crippen LogP contribution in [-0.2, 0) is 9.84 Å². The molecule has 1 aliphatic heterocycles. The molecule has 1 atom stereocenters. The van der Waals surface area contributed by atoms with E-state index in [1.807, 2.05) is 18.2 Å². The van der Waals surface area contributed by atoms with Crippen LogP contribution in [0.15, 0.2) is 48.7 Å². The second-order valence-electron chi connectivity index (χ2n) is 5.34. The average molecular weight is 332 g/mol. The lowest BCUT2D eigenvalue weighted by atomic mass is 10.2. The fourth-order valence-corrected chi connectivity index (χ4v) is 4.09. The maximum atomic E-state index is 12.4. The van der Waals surface area contributed by atoms with E-state index in [4.69, 9.17) is 4.74 Å². The zero-order chi connectivity index (χ0) is 16.3. The lowest BCUT2D eigenvalue weighted by Gasteiger charge is -2.13. The number of benzene rings is 1. The number of hydrogen-bond acceptors (Lipinski definition) is 5. The lowest BCUT2D eigenvalue weighted by molar-refractivity contribution is 0.0938. The first-order valence-electron chi connectivity index (χ1n) is 7.23. The summed E-state index contributed by atoms with van der Waals surface area (Å²) in [4.78, 5) is 16.5. The third-order valence-electron chi connectivity index (χ3n) is 3.54. The van der Waals surface area contributed by atoms with E-state index in [0.29, 0.717) is 12.2 Å². The van der Waals surface area contributed by atoms with Crippen LogP contribution < -0.4 is 10.1 Å². The van der Waals surface area contributed by atoms with Crippen LogP contribution >= 0.6 is 0 Å². The van der Waals surface area contributed by atoms with Gasteiger partial charge in [-0.05, 0) is 30.7 Å². The third kappa shape index (κ3) is 3.87. The molecule has 7 heteroatoms. The summed E-state index contributed by atoms with van der Waals surface area (Å²) < 4.78 is 28.6. The molecule has 23 heavy (non-hydrogen) atoms. The zero-order valence-electron chi connectivity index (χ0n) is 12.3. The van der Waals surface area contributed by atoms with Crippen LogP contribution in [0.3, 0.4) is 0 Å². The van der Waals surface area contributed by atoms with Gasteiger partial charge in [0, 0.05) is 12.2 Å². The molecule has 1 aliphatic rings. The first kappa shape index (κ1) is 15.5. The highest BCUT2D eigenvalue weighted by Gasteiger charge is 2.29. The molecular formula is C16H16N2O4S. The van der Waals surface area contributed by atoms with Crippen molar-refractivity contribution in [3.8, 4) is 11.6 Å². The average Bonchev–Trinajstić information content (AvgIpc) is 2.87. The van der Waals surface area contributed by atoms with Crippen molar-refractivity contribution >= 4 is 15.7 Å². The van der Waals surface area contributed by atoms with Crippen LogP contribution in [0.1, 0.15) is 16.8 Å². The van der Waals surface area contributed by atoms with Gasteiger partial charge in [0.25, 0.3) is 5.91 Å². The molecule has 1 N–H and O–H groups in total. The molecule has 0 radical (unpaired) electrons. The van der Waals surface area contributed by atoms with Gasteiger partial charge in [0.05, 0.1) is 11.5 Å². The van der Waals surface area contributed by atoms with Crippen molar-refractivity contribution in [1.82, 2.24) is 10.3 Å². The van der Waals surface area contributed by atoms with Gasteiger partial charge in [-0.2, -0.15) is 0 Å². The van der Waals surface area contributed by atoms with Crippen molar-refractivity contribution in [2.24, 2.45) is 0 Å². The fraction of sp³-hybridized carbons (Fsp3) is 0.250. The van der Waals surface area contributed by atoms with Crippen molar-refractivity contribution in [2.45, 2.75) is 12.5 Å². The molecule has 0 spiro atoms. The molecular weight excluding hydrogens is 316 g/mol. The number of pyridine rings is 1. The van der Waals surface area contributed by atoms with Gasteiger partial charge >= 0.3 is 0 Å². The molecule has 2 heterocycles. The van der Waals surface area contributed by atoms with Crippen LogP contribution in [0.5, 0.6) is 11.6 Å². The molecule has 3 rings (SSSR count). The van der Waals surface area contributed by atoms with Gasteiger partial charge in [-0.15, -0.1) is 0 Å². The van der Waals surface area contributed by atoms with Gasteiger partial charge in [-0.3, -0.25) is 4.79 Å². The number of nitrogens with one attached hydrogen (secondary N) is 1. The van der Waals surface area contributed by atoms with Crippen LogP contribution in [0.25, 0.3) is 0 Å². The number of aromatic nitrogens is 1. The quantitative estimate of drug-likeness (QED) is 0.922. The predicted molar refractivity (Wildman–Crippen MR) is 85.3 cm³/mol. The molecule has 1 aromatic heterocycles. The first-order chi connectivity index (χ1) is 11.0. The van der Waals surface area contributed by atoms with E-state index in [1.54, 1.807) is 24.3 Å². The maximum Gasteiger partial charge on any atom is 0.257 e. The summed E-state index contributed by atoms with van der Waals surface area (Å²) in [6.07, 6.45) is 1.97. The molecule has 0 bridgehead atoms. The van der Waals surface area contributed by atoms with Gasteiger partial charge < -0.3 is 10.1 Å².